The lowest BCUT2D eigenvalue weighted by Gasteiger charge is -2.33. The van der Waals surface area contributed by atoms with E-state index in [9.17, 15) is 14.4 Å². The highest BCUT2D eigenvalue weighted by molar-refractivity contribution is 6.08. The number of nitrogens with zero attached hydrogens (tertiary/aromatic N) is 3. The Kier molecular flexibility index (Phi) is 6.73. The summed E-state index contributed by atoms with van der Waals surface area (Å²) in [6.07, 6.45) is 2.48. The minimum absolute atomic E-state index is 0.0255. The molecule has 2 aliphatic heterocycles. The fourth-order valence-electron chi connectivity index (χ4n) is 5.00. The summed E-state index contributed by atoms with van der Waals surface area (Å²) in [6, 6.07) is 12.1. The van der Waals surface area contributed by atoms with Crippen molar-refractivity contribution in [2.75, 3.05) is 31.6 Å². The van der Waals surface area contributed by atoms with Crippen LogP contribution in [0.1, 0.15) is 70.2 Å². The van der Waals surface area contributed by atoms with Crippen molar-refractivity contribution in [1.29, 1.82) is 0 Å². The second-order valence-corrected chi connectivity index (χ2v) is 9.54. The second-order valence-electron chi connectivity index (χ2n) is 9.54. The third-order valence-corrected chi connectivity index (χ3v) is 6.96. The fourth-order valence-corrected chi connectivity index (χ4v) is 5.00. The van der Waals surface area contributed by atoms with E-state index in [1.807, 2.05) is 34.6 Å². The van der Waals surface area contributed by atoms with E-state index in [1.165, 1.54) is 0 Å². The molecule has 1 saturated heterocycles. The highest BCUT2D eigenvalue weighted by Gasteiger charge is 2.29. The molecule has 36 heavy (non-hydrogen) atoms. The first kappa shape index (κ1) is 24.0. The van der Waals surface area contributed by atoms with Crippen LogP contribution in [0.25, 0.3) is 11.0 Å². The molecule has 2 aliphatic rings. The molecule has 2 N–H and O–H groups in total. The molecule has 2 aromatic carbocycles. The number of hydrogen-bond acceptors (Lipinski definition) is 5. The summed E-state index contributed by atoms with van der Waals surface area (Å²) in [6.45, 7) is 6.16. The molecule has 2 bridgehead atoms. The molecular formula is C27H31N5O4. The zero-order chi connectivity index (χ0) is 25.2. The van der Waals surface area contributed by atoms with Crippen molar-refractivity contribution in [2.45, 2.75) is 45.2 Å². The van der Waals surface area contributed by atoms with Crippen molar-refractivity contribution >= 4 is 34.7 Å². The van der Waals surface area contributed by atoms with E-state index in [0.717, 1.165) is 24.8 Å². The Hall–Kier alpha value is -3.72. The first-order valence-corrected chi connectivity index (χ1v) is 12.5. The fraction of sp³-hybridized carbons (Fsp3) is 0.407. The van der Waals surface area contributed by atoms with Crippen molar-refractivity contribution in [3.05, 3.63) is 59.2 Å². The van der Waals surface area contributed by atoms with E-state index >= 15 is 0 Å². The minimum Gasteiger partial charge on any atom is -0.377 e. The molecule has 0 radical (unpaired) electrons. The predicted molar refractivity (Wildman–Crippen MR) is 136 cm³/mol. The highest BCUT2D eigenvalue weighted by atomic mass is 16.5. The number of hydrogen-bond donors (Lipinski definition) is 2. The maximum absolute atomic E-state index is 13.7. The standard InChI is InChI=1S/C27H31N5O4/c1-17-7-3-4-12-28-24(33)19-8-5-9-20(15-19)25(34)30-27-29-22-11-6-10-21(23(22)32(17)27)26(35)31-13-14-36-16-18(31)2/h5-6,8-11,15,17-18H,3-4,7,12-14,16H2,1-2H3,(H,28,33)(H,29,30,34)/t17-,18-/m0/s1. The van der Waals surface area contributed by atoms with Crippen LogP contribution in [0.4, 0.5) is 5.95 Å². The van der Waals surface area contributed by atoms with E-state index < -0.39 is 0 Å². The number of benzene rings is 2. The van der Waals surface area contributed by atoms with Crippen LogP contribution in [-0.4, -0.2) is 64.5 Å². The molecule has 3 heterocycles. The molecule has 9 nitrogen and oxygen atoms in total. The van der Waals surface area contributed by atoms with E-state index in [1.54, 1.807) is 24.3 Å². The van der Waals surface area contributed by atoms with Crippen LogP contribution in [0.3, 0.4) is 0 Å². The van der Waals surface area contributed by atoms with Crippen molar-refractivity contribution in [2.24, 2.45) is 0 Å². The van der Waals surface area contributed by atoms with Gasteiger partial charge in [0.25, 0.3) is 17.7 Å². The van der Waals surface area contributed by atoms with Crippen molar-refractivity contribution in [3.63, 3.8) is 0 Å². The van der Waals surface area contributed by atoms with Gasteiger partial charge in [-0.15, -0.1) is 0 Å². The molecule has 3 aromatic rings. The van der Waals surface area contributed by atoms with E-state index in [-0.39, 0.29) is 29.8 Å². The molecule has 5 rings (SSSR count). The first-order chi connectivity index (χ1) is 17.4. The lowest BCUT2D eigenvalue weighted by molar-refractivity contribution is 0.00368. The Morgan fingerprint density at radius 1 is 1.03 bits per heavy atom. The van der Waals surface area contributed by atoms with Crippen LogP contribution in [-0.2, 0) is 4.74 Å². The molecule has 2 atom stereocenters. The Bertz CT molecular complexity index is 1320. The second kappa shape index (κ2) is 10.1. The summed E-state index contributed by atoms with van der Waals surface area (Å²) >= 11 is 0. The van der Waals surface area contributed by atoms with Gasteiger partial charge in [-0.1, -0.05) is 12.1 Å². The monoisotopic (exact) mass is 489 g/mol. The largest absolute Gasteiger partial charge is 0.377 e. The van der Waals surface area contributed by atoms with Gasteiger partial charge in [-0.25, -0.2) is 4.98 Å². The summed E-state index contributed by atoms with van der Waals surface area (Å²) in [5.74, 6) is -0.222. The maximum atomic E-state index is 13.7. The number of rotatable bonds is 1. The Balaban J connectivity index is 1.60. The van der Waals surface area contributed by atoms with Crippen molar-refractivity contribution in [3.8, 4) is 0 Å². The summed E-state index contributed by atoms with van der Waals surface area (Å²) in [5.41, 5.74) is 2.74. The number of morpholine rings is 1. The van der Waals surface area contributed by atoms with Crippen LogP contribution in [0, 0.1) is 0 Å². The van der Waals surface area contributed by atoms with E-state index in [2.05, 4.69) is 17.6 Å². The normalized spacial score (nSPS) is 21.3. The van der Waals surface area contributed by atoms with E-state index in [0.29, 0.717) is 54.5 Å². The number of nitrogens with one attached hydrogen (secondary N) is 2. The Labute approximate surface area is 209 Å². The summed E-state index contributed by atoms with van der Waals surface area (Å²) in [5, 5.41) is 5.88. The summed E-state index contributed by atoms with van der Waals surface area (Å²) in [4.78, 5) is 46.0. The van der Waals surface area contributed by atoms with Crippen LogP contribution in [0.2, 0.25) is 0 Å². The molecule has 3 amide bonds. The highest BCUT2D eigenvalue weighted by Crippen LogP contribution is 2.31. The topological polar surface area (TPSA) is 106 Å². The molecule has 188 valence electrons. The minimum atomic E-state index is -0.361. The van der Waals surface area contributed by atoms with Gasteiger partial charge in [-0.3, -0.25) is 19.7 Å². The van der Waals surface area contributed by atoms with Crippen LogP contribution in [0.5, 0.6) is 0 Å². The number of aromatic nitrogens is 2. The predicted octanol–water partition coefficient (Wildman–Crippen LogP) is 3.62. The SMILES string of the molecule is C[C@H]1COCCN1C(=O)c1cccc2nc3n(c12)[C@@H](C)CCCCNC(=O)c1cccc(c1)C(=O)N3. The Morgan fingerprint density at radius 3 is 2.61 bits per heavy atom. The molecule has 1 aromatic heterocycles. The molecule has 0 aliphatic carbocycles. The molecule has 9 heteroatoms. The summed E-state index contributed by atoms with van der Waals surface area (Å²) in [7, 11) is 0. The van der Waals surface area contributed by atoms with Gasteiger partial charge in [0.1, 0.15) is 0 Å². The Morgan fingerprint density at radius 2 is 1.81 bits per heavy atom. The van der Waals surface area contributed by atoms with Crippen LogP contribution in [0.15, 0.2) is 42.5 Å². The van der Waals surface area contributed by atoms with E-state index in [4.69, 9.17) is 9.72 Å². The van der Waals surface area contributed by atoms with Gasteiger partial charge in [0.2, 0.25) is 5.95 Å². The molecule has 1 fully saturated rings. The molecule has 0 spiro atoms. The lowest BCUT2D eigenvalue weighted by Crippen LogP contribution is -2.47. The third kappa shape index (κ3) is 4.58. The number of ether oxygens (including phenoxy) is 1. The zero-order valence-electron chi connectivity index (χ0n) is 20.6. The average molecular weight is 490 g/mol. The molecular weight excluding hydrogens is 458 g/mol. The van der Waals surface area contributed by atoms with Gasteiger partial charge in [0.05, 0.1) is 35.9 Å². The number of carbonyl (C=O) groups is 3. The maximum Gasteiger partial charge on any atom is 0.257 e. The van der Waals surface area contributed by atoms with Gasteiger partial charge in [0, 0.05) is 30.3 Å². The van der Waals surface area contributed by atoms with Gasteiger partial charge in [-0.05, 0) is 63.4 Å². The quantitative estimate of drug-likeness (QED) is 0.543. The number of imidazole rings is 1. The van der Waals surface area contributed by atoms with Crippen LogP contribution < -0.4 is 10.6 Å². The number of carbonyl (C=O) groups excluding carboxylic acids is 3. The van der Waals surface area contributed by atoms with Gasteiger partial charge in [0.15, 0.2) is 0 Å². The van der Waals surface area contributed by atoms with Gasteiger partial charge in [-0.2, -0.15) is 0 Å². The lowest BCUT2D eigenvalue weighted by atomic mass is 10.1. The first-order valence-electron chi connectivity index (χ1n) is 12.5. The number of amides is 3. The van der Waals surface area contributed by atoms with Crippen molar-refractivity contribution < 1.29 is 19.1 Å². The molecule has 0 unspecified atom stereocenters. The molecule has 0 saturated carbocycles. The number of fused-ring (bicyclic) bond motifs is 5. The third-order valence-electron chi connectivity index (χ3n) is 6.96. The van der Waals surface area contributed by atoms with Gasteiger partial charge >= 0.3 is 0 Å². The smallest absolute Gasteiger partial charge is 0.257 e. The number of para-hydroxylation sites is 1. The van der Waals surface area contributed by atoms with Gasteiger partial charge < -0.3 is 19.5 Å². The average Bonchev–Trinajstić information content (AvgIpc) is 3.25. The van der Waals surface area contributed by atoms with Crippen LogP contribution >= 0.6 is 0 Å². The van der Waals surface area contributed by atoms with Crippen molar-refractivity contribution in [1.82, 2.24) is 19.8 Å². The zero-order valence-corrected chi connectivity index (χ0v) is 20.6. The summed E-state index contributed by atoms with van der Waals surface area (Å²) < 4.78 is 7.51. The number of anilines is 1.